The van der Waals surface area contributed by atoms with Crippen LogP contribution in [-0.2, 0) is 6.18 Å². The SMILES string of the molecule is C[C@H](Nc1cc(-c2n[nH]c(=O)o2)cc(C(F)(F)F)c1Cl)C1CC(N)C1. The van der Waals surface area contributed by atoms with Crippen LogP contribution in [0.4, 0.5) is 18.9 Å². The van der Waals surface area contributed by atoms with Crippen molar-refractivity contribution >= 4 is 17.3 Å². The first-order valence-electron chi connectivity index (χ1n) is 7.64. The molecule has 2 aromatic rings. The number of hydrogen-bond acceptors (Lipinski definition) is 5. The summed E-state index contributed by atoms with van der Waals surface area (Å²) in [5.41, 5.74) is 4.82. The Kier molecular flexibility index (Phi) is 4.54. The van der Waals surface area contributed by atoms with Crippen LogP contribution in [0.25, 0.3) is 11.5 Å². The van der Waals surface area contributed by atoms with E-state index in [0.29, 0.717) is 0 Å². The van der Waals surface area contributed by atoms with Crippen LogP contribution in [0.1, 0.15) is 25.3 Å². The quantitative estimate of drug-likeness (QED) is 0.761. The number of nitrogens with one attached hydrogen (secondary N) is 2. The van der Waals surface area contributed by atoms with E-state index in [4.69, 9.17) is 21.8 Å². The van der Waals surface area contributed by atoms with E-state index in [2.05, 4.69) is 10.4 Å². The maximum atomic E-state index is 13.3. The summed E-state index contributed by atoms with van der Waals surface area (Å²) in [5, 5.41) is 8.17. The Morgan fingerprint density at radius 2 is 2.12 bits per heavy atom. The molecule has 136 valence electrons. The van der Waals surface area contributed by atoms with E-state index in [1.165, 1.54) is 6.07 Å². The third-order valence-electron chi connectivity index (χ3n) is 4.36. The van der Waals surface area contributed by atoms with Crippen LogP contribution < -0.4 is 16.8 Å². The number of rotatable bonds is 4. The maximum absolute atomic E-state index is 13.3. The lowest BCUT2D eigenvalue weighted by atomic mass is 9.76. The van der Waals surface area contributed by atoms with Crippen LogP contribution in [0, 0.1) is 5.92 Å². The smallest absolute Gasteiger partial charge is 0.388 e. The van der Waals surface area contributed by atoms with Crippen molar-refractivity contribution < 1.29 is 17.6 Å². The molecule has 6 nitrogen and oxygen atoms in total. The summed E-state index contributed by atoms with van der Waals surface area (Å²) in [7, 11) is 0. The predicted molar refractivity (Wildman–Crippen MR) is 86.4 cm³/mol. The van der Waals surface area contributed by atoms with Crippen molar-refractivity contribution in [1.29, 1.82) is 0 Å². The molecule has 0 spiro atoms. The molecule has 25 heavy (non-hydrogen) atoms. The molecule has 0 aliphatic heterocycles. The number of anilines is 1. The van der Waals surface area contributed by atoms with Gasteiger partial charge in [-0.15, -0.1) is 5.10 Å². The van der Waals surface area contributed by atoms with Gasteiger partial charge in [-0.05, 0) is 37.8 Å². The first-order valence-corrected chi connectivity index (χ1v) is 8.01. The van der Waals surface area contributed by atoms with E-state index in [1.807, 2.05) is 12.0 Å². The second kappa shape index (κ2) is 6.38. The summed E-state index contributed by atoms with van der Waals surface area (Å²) in [6.45, 7) is 1.86. The van der Waals surface area contributed by atoms with Gasteiger partial charge < -0.3 is 15.5 Å². The van der Waals surface area contributed by atoms with Gasteiger partial charge in [0.25, 0.3) is 0 Å². The molecule has 1 atom stereocenters. The average molecular weight is 377 g/mol. The third kappa shape index (κ3) is 3.67. The number of aromatic nitrogens is 2. The molecule has 4 N–H and O–H groups in total. The topological polar surface area (TPSA) is 96.9 Å². The molecule has 1 aliphatic rings. The Bertz CT molecular complexity index is 827. The molecule has 1 aromatic carbocycles. The zero-order valence-corrected chi connectivity index (χ0v) is 13.9. The van der Waals surface area contributed by atoms with Crippen molar-refractivity contribution in [2.75, 3.05) is 5.32 Å². The first kappa shape index (κ1) is 17.8. The monoisotopic (exact) mass is 376 g/mol. The zero-order valence-electron chi connectivity index (χ0n) is 13.2. The van der Waals surface area contributed by atoms with Gasteiger partial charge in [-0.1, -0.05) is 11.6 Å². The molecule has 1 heterocycles. The van der Waals surface area contributed by atoms with Gasteiger partial charge in [0.1, 0.15) is 0 Å². The number of H-pyrrole nitrogens is 1. The Hall–Kier alpha value is -2.00. The van der Waals surface area contributed by atoms with Crippen molar-refractivity contribution in [3.05, 3.63) is 33.3 Å². The zero-order chi connectivity index (χ0) is 18.4. The molecule has 0 radical (unpaired) electrons. The molecule has 0 unspecified atom stereocenters. The highest BCUT2D eigenvalue weighted by Gasteiger charge is 2.36. The van der Waals surface area contributed by atoms with Crippen LogP contribution in [-0.4, -0.2) is 22.3 Å². The van der Waals surface area contributed by atoms with E-state index in [9.17, 15) is 18.0 Å². The van der Waals surface area contributed by atoms with Crippen LogP contribution in [0.15, 0.2) is 21.3 Å². The molecular weight excluding hydrogens is 361 g/mol. The number of benzene rings is 1. The van der Waals surface area contributed by atoms with Crippen LogP contribution >= 0.6 is 11.6 Å². The number of alkyl halides is 3. The fraction of sp³-hybridized carbons (Fsp3) is 0.467. The minimum absolute atomic E-state index is 0.00455. The maximum Gasteiger partial charge on any atom is 0.434 e. The lowest BCUT2D eigenvalue weighted by molar-refractivity contribution is -0.137. The molecule has 0 amide bonds. The largest absolute Gasteiger partial charge is 0.434 e. The van der Waals surface area contributed by atoms with Crippen LogP contribution in [0.2, 0.25) is 5.02 Å². The van der Waals surface area contributed by atoms with Gasteiger partial charge in [-0.3, -0.25) is 0 Å². The molecule has 1 aliphatic carbocycles. The second-order valence-electron chi connectivity index (χ2n) is 6.23. The van der Waals surface area contributed by atoms with Crippen molar-refractivity contribution in [2.45, 2.75) is 38.0 Å². The van der Waals surface area contributed by atoms with Crippen LogP contribution in [0.5, 0.6) is 0 Å². The van der Waals surface area contributed by atoms with E-state index < -0.39 is 22.5 Å². The molecule has 1 fully saturated rings. The number of halogens is 4. The molecule has 0 bridgehead atoms. The van der Waals surface area contributed by atoms with E-state index >= 15 is 0 Å². The average Bonchev–Trinajstić information content (AvgIpc) is 2.91. The van der Waals surface area contributed by atoms with Crippen LogP contribution in [0.3, 0.4) is 0 Å². The Morgan fingerprint density at radius 3 is 2.64 bits per heavy atom. The Labute approximate surface area is 145 Å². The van der Waals surface area contributed by atoms with Crippen molar-refractivity contribution in [2.24, 2.45) is 11.7 Å². The summed E-state index contributed by atoms with van der Waals surface area (Å²) in [6.07, 6.45) is -3.07. The minimum Gasteiger partial charge on any atom is -0.388 e. The lowest BCUT2D eigenvalue weighted by Crippen LogP contribution is -2.43. The normalized spacial score (nSPS) is 21.7. The second-order valence-corrected chi connectivity index (χ2v) is 6.60. The number of aromatic amines is 1. The van der Waals surface area contributed by atoms with E-state index in [1.54, 1.807) is 0 Å². The highest BCUT2D eigenvalue weighted by atomic mass is 35.5. The van der Waals surface area contributed by atoms with Crippen molar-refractivity contribution in [1.82, 2.24) is 10.2 Å². The Morgan fingerprint density at radius 1 is 1.44 bits per heavy atom. The first-order chi connectivity index (χ1) is 11.6. The van der Waals surface area contributed by atoms with Gasteiger partial charge in [0.2, 0.25) is 5.89 Å². The summed E-state index contributed by atoms with van der Waals surface area (Å²) >= 11 is 5.97. The summed E-state index contributed by atoms with van der Waals surface area (Å²) < 4.78 is 44.7. The third-order valence-corrected chi connectivity index (χ3v) is 4.77. The van der Waals surface area contributed by atoms with Gasteiger partial charge >= 0.3 is 11.9 Å². The molecule has 3 rings (SSSR count). The highest BCUT2D eigenvalue weighted by molar-refractivity contribution is 6.34. The number of nitrogens with two attached hydrogens (primary N) is 1. The van der Waals surface area contributed by atoms with Gasteiger partial charge in [0.05, 0.1) is 16.3 Å². The highest BCUT2D eigenvalue weighted by Crippen LogP contribution is 2.42. The molecule has 1 saturated carbocycles. The molecule has 0 saturated heterocycles. The summed E-state index contributed by atoms with van der Waals surface area (Å²) in [5.74, 6) is -0.842. The minimum atomic E-state index is -4.66. The summed E-state index contributed by atoms with van der Waals surface area (Å²) in [4.78, 5) is 11.1. The van der Waals surface area contributed by atoms with Gasteiger partial charge in [-0.25, -0.2) is 9.89 Å². The lowest BCUT2D eigenvalue weighted by Gasteiger charge is -2.37. The molecule has 1 aromatic heterocycles. The van der Waals surface area contributed by atoms with E-state index in [-0.39, 0.29) is 35.1 Å². The molecule has 10 heteroatoms. The summed E-state index contributed by atoms with van der Waals surface area (Å²) in [6, 6.07) is 2.20. The molecular formula is C15H16ClF3N4O2. The van der Waals surface area contributed by atoms with Crippen molar-refractivity contribution in [3.63, 3.8) is 0 Å². The van der Waals surface area contributed by atoms with Gasteiger partial charge in [-0.2, -0.15) is 13.2 Å². The van der Waals surface area contributed by atoms with Gasteiger partial charge in [0, 0.05) is 17.6 Å². The standard InChI is InChI=1S/C15H16ClF3N4O2/c1-6(7-2-9(20)3-7)21-11-5-8(13-22-23-14(24)25-13)4-10(12(11)16)15(17,18)19/h4-7,9,21H,2-3,20H2,1H3,(H,23,24)/t6-,7?,9?/m0/s1. The fourth-order valence-corrected chi connectivity index (χ4v) is 3.16. The van der Waals surface area contributed by atoms with Crippen molar-refractivity contribution in [3.8, 4) is 11.5 Å². The van der Waals surface area contributed by atoms with E-state index in [0.717, 1.165) is 18.9 Å². The predicted octanol–water partition coefficient (Wildman–Crippen LogP) is 3.24. The Balaban J connectivity index is 1.99. The fourth-order valence-electron chi connectivity index (χ4n) is 2.89. The number of nitrogens with zero attached hydrogens (tertiary/aromatic N) is 1. The number of hydrogen-bond donors (Lipinski definition) is 3. The van der Waals surface area contributed by atoms with Gasteiger partial charge in [0.15, 0.2) is 0 Å².